The molecule has 1 aliphatic heterocycles. The lowest BCUT2D eigenvalue weighted by Crippen LogP contribution is -2.34. The first-order valence-electron chi connectivity index (χ1n) is 9.38. The third-order valence-corrected chi connectivity index (χ3v) is 5.19. The van der Waals surface area contributed by atoms with Crippen LogP contribution in [0.25, 0.3) is 6.08 Å². The highest BCUT2D eigenvalue weighted by Gasteiger charge is 2.36. The highest BCUT2D eigenvalue weighted by molar-refractivity contribution is 8.18. The number of halogens is 1. The maximum absolute atomic E-state index is 13.1. The van der Waals surface area contributed by atoms with Crippen molar-refractivity contribution in [1.29, 1.82) is 0 Å². The van der Waals surface area contributed by atoms with Gasteiger partial charge in [-0.2, -0.15) is 0 Å². The van der Waals surface area contributed by atoms with Crippen LogP contribution in [0.2, 0.25) is 0 Å². The topological polar surface area (TPSA) is 82.1 Å². The van der Waals surface area contributed by atoms with Gasteiger partial charge in [-0.05, 0) is 48.5 Å². The number of hydrogen-bond acceptors (Lipinski definition) is 7. The quantitative estimate of drug-likeness (QED) is 0.448. The Morgan fingerprint density at radius 1 is 1.16 bits per heavy atom. The monoisotopic (exact) mass is 445 g/mol. The summed E-state index contributed by atoms with van der Waals surface area (Å²) in [5.74, 6) is -0.792. The summed E-state index contributed by atoms with van der Waals surface area (Å²) in [6.45, 7) is 1.50. The van der Waals surface area contributed by atoms with Gasteiger partial charge < -0.3 is 14.2 Å². The molecule has 0 atom stereocenters. The lowest BCUT2D eigenvalue weighted by Gasteiger charge is -2.14. The van der Waals surface area contributed by atoms with Crippen molar-refractivity contribution in [3.63, 3.8) is 0 Å². The van der Waals surface area contributed by atoms with Gasteiger partial charge in [-0.1, -0.05) is 24.3 Å². The van der Waals surface area contributed by atoms with Crippen LogP contribution in [0.4, 0.5) is 9.18 Å². The van der Waals surface area contributed by atoms with E-state index in [1.165, 1.54) is 25.3 Å². The van der Waals surface area contributed by atoms with E-state index in [-0.39, 0.29) is 23.9 Å². The van der Waals surface area contributed by atoms with E-state index in [0.29, 0.717) is 17.1 Å². The molecule has 0 spiro atoms. The number of rotatable bonds is 8. The Balaban J connectivity index is 1.84. The predicted octanol–water partition coefficient (Wildman–Crippen LogP) is 4.01. The van der Waals surface area contributed by atoms with E-state index < -0.39 is 23.7 Å². The predicted molar refractivity (Wildman–Crippen MR) is 113 cm³/mol. The van der Waals surface area contributed by atoms with Crippen molar-refractivity contribution < 1.29 is 33.0 Å². The summed E-state index contributed by atoms with van der Waals surface area (Å²) in [4.78, 5) is 37.5. The maximum atomic E-state index is 13.1. The van der Waals surface area contributed by atoms with Crippen LogP contribution in [0.3, 0.4) is 0 Å². The number of carbonyl (C=O) groups is 3. The van der Waals surface area contributed by atoms with Crippen molar-refractivity contribution in [1.82, 2.24) is 4.90 Å². The molecule has 0 aromatic heterocycles. The van der Waals surface area contributed by atoms with Crippen molar-refractivity contribution in [3.05, 3.63) is 64.3 Å². The Hall–Kier alpha value is -3.33. The Bertz CT molecular complexity index is 1020. The zero-order valence-corrected chi connectivity index (χ0v) is 17.7. The summed E-state index contributed by atoms with van der Waals surface area (Å²) in [5, 5.41) is -0.555. The fourth-order valence-electron chi connectivity index (χ4n) is 2.81. The molecule has 1 fully saturated rings. The van der Waals surface area contributed by atoms with Gasteiger partial charge in [0.15, 0.2) is 11.5 Å². The molecule has 31 heavy (non-hydrogen) atoms. The SMILES string of the molecule is CCOC(=O)CN1C(=O)S/C(=C\c2cccc(OC)c2OCc2ccc(F)cc2)C1=O. The van der Waals surface area contributed by atoms with E-state index in [4.69, 9.17) is 14.2 Å². The summed E-state index contributed by atoms with van der Waals surface area (Å²) in [6.07, 6.45) is 1.51. The lowest BCUT2D eigenvalue weighted by atomic mass is 10.1. The van der Waals surface area contributed by atoms with Gasteiger partial charge in [0, 0.05) is 5.56 Å². The van der Waals surface area contributed by atoms with E-state index in [0.717, 1.165) is 22.2 Å². The minimum absolute atomic E-state index is 0.145. The summed E-state index contributed by atoms with van der Waals surface area (Å²) in [7, 11) is 1.48. The molecule has 0 bridgehead atoms. The first-order valence-corrected chi connectivity index (χ1v) is 10.2. The summed E-state index contributed by atoms with van der Waals surface area (Å²) in [6, 6.07) is 11.0. The molecule has 0 saturated carbocycles. The van der Waals surface area contributed by atoms with Gasteiger partial charge in [0.1, 0.15) is 19.0 Å². The normalized spacial score (nSPS) is 14.8. The number of benzene rings is 2. The van der Waals surface area contributed by atoms with Crippen molar-refractivity contribution >= 4 is 35.0 Å². The number of para-hydroxylation sites is 1. The third kappa shape index (κ3) is 5.43. The molecule has 1 saturated heterocycles. The van der Waals surface area contributed by atoms with Crippen molar-refractivity contribution in [2.24, 2.45) is 0 Å². The smallest absolute Gasteiger partial charge is 0.326 e. The number of ether oxygens (including phenoxy) is 3. The summed E-state index contributed by atoms with van der Waals surface area (Å²) in [5.41, 5.74) is 1.26. The standard InChI is InChI=1S/C22H20FNO6S/c1-3-29-19(25)12-24-21(26)18(31-22(24)27)11-15-5-4-6-17(28-2)20(15)30-13-14-7-9-16(23)10-8-14/h4-11H,3,12-13H2,1-2H3/b18-11-. The summed E-state index contributed by atoms with van der Waals surface area (Å²) >= 11 is 0.728. The maximum Gasteiger partial charge on any atom is 0.326 e. The Kier molecular flexibility index (Phi) is 7.30. The third-order valence-electron chi connectivity index (χ3n) is 4.28. The molecular formula is C22H20FNO6S. The molecule has 2 aromatic carbocycles. The molecule has 7 nitrogen and oxygen atoms in total. The number of amides is 2. The minimum atomic E-state index is -0.657. The second-order valence-electron chi connectivity index (χ2n) is 6.37. The molecule has 0 aliphatic carbocycles. The van der Waals surface area contributed by atoms with Crippen LogP contribution in [0.1, 0.15) is 18.1 Å². The summed E-state index contributed by atoms with van der Waals surface area (Å²) < 4.78 is 29.2. The average Bonchev–Trinajstić information content (AvgIpc) is 3.01. The highest BCUT2D eigenvalue weighted by Crippen LogP contribution is 2.37. The highest BCUT2D eigenvalue weighted by atomic mass is 32.2. The van der Waals surface area contributed by atoms with E-state index in [1.807, 2.05) is 0 Å². The molecule has 1 aliphatic rings. The largest absolute Gasteiger partial charge is 0.493 e. The minimum Gasteiger partial charge on any atom is -0.493 e. The zero-order chi connectivity index (χ0) is 22.4. The van der Waals surface area contributed by atoms with Gasteiger partial charge in [0.25, 0.3) is 11.1 Å². The van der Waals surface area contributed by atoms with Crippen LogP contribution in [0.15, 0.2) is 47.4 Å². The number of carbonyl (C=O) groups excluding carboxylic acids is 3. The zero-order valence-electron chi connectivity index (χ0n) is 16.9. The first-order chi connectivity index (χ1) is 14.9. The van der Waals surface area contributed by atoms with Crippen LogP contribution in [0.5, 0.6) is 11.5 Å². The number of esters is 1. The van der Waals surface area contributed by atoms with Gasteiger partial charge in [-0.3, -0.25) is 19.3 Å². The fourth-order valence-corrected chi connectivity index (χ4v) is 3.64. The molecule has 3 rings (SSSR count). The van der Waals surface area contributed by atoms with E-state index in [1.54, 1.807) is 37.3 Å². The molecule has 0 unspecified atom stereocenters. The number of hydrogen-bond donors (Lipinski definition) is 0. The Morgan fingerprint density at radius 2 is 1.90 bits per heavy atom. The van der Waals surface area contributed by atoms with Gasteiger partial charge in [0.05, 0.1) is 18.6 Å². The molecule has 1 heterocycles. The molecule has 0 N–H and O–H groups in total. The number of nitrogens with zero attached hydrogens (tertiary/aromatic N) is 1. The van der Waals surface area contributed by atoms with E-state index >= 15 is 0 Å². The van der Waals surface area contributed by atoms with Gasteiger partial charge in [0.2, 0.25) is 0 Å². The van der Waals surface area contributed by atoms with Gasteiger partial charge >= 0.3 is 5.97 Å². The number of thioether (sulfide) groups is 1. The average molecular weight is 445 g/mol. The Labute approximate surface area is 182 Å². The fraction of sp³-hybridized carbons (Fsp3) is 0.227. The number of imide groups is 1. The van der Waals surface area contributed by atoms with E-state index in [9.17, 15) is 18.8 Å². The molecular weight excluding hydrogens is 425 g/mol. The van der Waals surface area contributed by atoms with Crippen molar-refractivity contribution in [2.45, 2.75) is 13.5 Å². The van der Waals surface area contributed by atoms with Crippen LogP contribution in [-0.2, 0) is 20.9 Å². The lowest BCUT2D eigenvalue weighted by molar-refractivity contribution is -0.145. The molecule has 9 heteroatoms. The van der Waals surface area contributed by atoms with Crippen LogP contribution >= 0.6 is 11.8 Å². The second kappa shape index (κ2) is 10.1. The van der Waals surface area contributed by atoms with Crippen LogP contribution < -0.4 is 9.47 Å². The van der Waals surface area contributed by atoms with Gasteiger partial charge in [-0.15, -0.1) is 0 Å². The van der Waals surface area contributed by atoms with Crippen LogP contribution in [-0.4, -0.2) is 42.3 Å². The number of methoxy groups -OCH3 is 1. The Morgan fingerprint density at radius 3 is 2.58 bits per heavy atom. The second-order valence-corrected chi connectivity index (χ2v) is 7.36. The first kappa shape index (κ1) is 22.4. The molecule has 2 amide bonds. The molecule has 0 radical (unpaired) electrons. The van der Waals surface area contributed by atoms with Crippen molar-refractivity contribution in [3.8, 4) is 11.5 Å². The van der Waals surface area contributed by atoms with Gasteiger partial charge in [-0.25, -0.2) is 4.39 Å². The van der Waals surface area contributed by atoms with E-state index in [2.05, 4.69) is 0 Å². The molecule has 2 aromatic rings. The van der Waals surface area contributed by atoms with Crippen molar-refractivity contribution in [2.75, 3.05) is 20.3 Å². The van der Waals surface area contributed by atoms with Crippen LogP contribution in [0, 0.1) is 5.82 Å². The molecule has 162 valence electrons.